The smallest absolute Gasteiger partial charge is 0.436 e. The van der Waals surface area contributed by atoms with Crippen molar-refractivity contribution < 1.29 is 28.6 Å². The first-order chi connectivity index (χ1) is 15.9. The van der Waals surface area contributed by atoms with Crippen molar-refractivity contribution in [1.82, 2.24) is 14.7 Å². The Bertz CT molecular complexity index is 1080. The van der Waals surface area contributed by atoms with Gasteiger partial charge < -0.3 is 19.5 Å². The monoisotopic (exact) mass is 472 g/mol. The van der Waals surface area contributed by atoms with Crippen molar-refractivity contribution in [1.29, 1.82) is 0 Å². The van der Waals surface area contributed by atoms with Gasteiger partial charge in [0.2, 0.25) is 5.91 Å². The lowest BCUT2D eigenvalue weighted by molar-refractivity contribution is -0.115. The quantitative estimate of drug-likeness (QED) is 0.698. The highest BCUT2D eigenvalue weighted by atomic mass is 16.6. The van der Waals surface area contributed by atoms with Crippen molar-refractivity contribution in [2.75, 3.05) is 19.0 Å². The Labute approximate surface area is 199 Å². The lowest BCUT2D eigenvalue weighted by Gasteiger charge is -2.33. The van der Waals surface area contributed by atoms with Gasteiger partial charge in [0.15, 0.2) is 0 Å². The third-order valence-electron chi connectivity index (χ3n) is 5.39. The zero-order chi connectivity index (χ0) is 25.3. The molecule has 0 aliphatic carbocycles. The maximum absolute atomic E-state index is 12.9. The van der Waals surface area contributed by atoms with E-state index in [9.17, 15) is 14.4 Å². The van der Waals surface area contributed by atoms with Crippen molar-refractivity contribution in [2.45, 2.75) is 65.6 Å². The molecule has 184 valence electrons. The second-order valence-electron chi connectivity index (χ2n) is 9.49. The summed E-state index contributed by atoms with van der Waals surface area (Å²) in [6.07, 6.45) is -1.14. The Balaban J connectivity index is 1.91. The van der Waals surface area contributed by atoms with Crippen LogP contribution in [-0.2, 0) is 32.8 Å². The number of fused-ring (bicyclic) bond motifs is 1. The largest absolute Gasteiger partial charge is 0.497 e. The number of nitrogens with zero attached hydrogens (tertiary/aromatic N) is 3. The van der Waals surface area contributed by atoms with Crippen LogP contribution in [0.3, 0.4) is 0 Å². The molecule has 0 saturated carbocycles. The van der Waals surface area contributed by atoms with Gasteiger partial charge in [0.05, 0.1) is 37.9 Å². The van der Waals surface area contributed by atoms with E-state index in [1.165, 1.54) is 4.90 Å². The Morgan fingerprint density at radius 1 is 1.12 bits per heavy atom. The average molecular weight is 473 g/mol. The molecule has 1 aliphatic rings. The molecule has 2 heterocycles. The van der Waals surface area contributed by atoms with E-state index in [-0.39, 0.29) is 31.3 Å². The number of carbonyl (C=O) groups excluding carboxylic acids is 3. The first-order valence-corrected chi connectivity index (χ1v) is 11.1. The van der Waals surface area contributed by atoms with Gasteiger partial charge in [-0.15, -0.1) is 4.68 Å². The molecule has 34 heavy (non-hydrogen) atoms. The molecule has 10 nitrogen and oxygen atoms in total. The number of methoxy groups -OCH3 is 1. The summed E-state index contributed by atoms with van der Waals surface area (Å²) >= 11 is 0. The van der Waals surface area contributed by atoms with Crippen molar-refractivity contribution in [3.63, 3.8) is 0 Å². The zero-order valence-corrected chi connectivity index (χ0v) is 20.7. The molecule has 1 aromatic heterocycles. The Morgan fingerprint density at radius 3 is 2.32 bits per heavy atom. The lowest BCUT2D eigenvalue weighted by atomic mass is 10.0. The van der Waals surface area contributed by atoms with Crippen LogP contribution < -0.4 is 10.1 Å². The highest BCUT2D eigenvalue weighted by Gasteiger charge is 2.47. The molecule has 3 rings (SSSR count). The molecule has 1 N–H and O–H groups in total. The van der Waals surface area contributed by atoms with Crippen LogP contribution in [0.25, 0.3) is 0 Å². The second-order valence-corrected chi connectivity index (χ2v) is 9.49. The van der Waals surface area contributed by atoms with Gasteiger partial charge in [-0.05, 0) is 59.2 Å². The molecule has 1 aliphatic heterocycles. The average Bonchev–Trinajstić information content (AvgIpc) is 3.22. The molecule has 0 saturated heterocycles. The third kappa shape index (κ3) is 5.16. The number of hydrogen-bond acceptors (Lipinski definition) is 7. The molecule has 2 aromatic rings. The number of anilines is 1. The maximum Gasteiger partial charge on any atom is 0.436 e. The minimum absolute atomic E-state index is 0.0753. The Morgan fingerprint density at radius 2 is 1.76 bits per heavy atom. The number of amides is 2. The number of carbonyl (C=O) groups is 3. The van der Waals surface area contributed by atoms with Gasteiger partial charge in [-0.3, -0.25) is 9.69 Å². The predicted octanol–water partition coefficient (Wildman–Crippen LogP) is 4.06. The first kappa shape index (κ1) is 25.1. The van der Waals surface area contributed by atoms with Gasteiger partial charge in [0.1, 0.15) is 17.2 Å². The summed E-state index contributed by atoms with van der Waals surface area (Å²) in [5, 5.41) is 7.24. The number of hydrogen-bond donors (Lipinski definition) is 1. The Hall–Kier alpha value is -3.56. The number of benzene rings is 1. The summed E-state index contributed by atoms with van der Waals surface area (Å²) in [5.41, 5.74) is 0.282. The third-order valence-corrected chi connectivity index (χ3v) is 5.39. The summed E-state index contributed by atoms with van der Waals surface area (Å²) in [6, 6.07) is 7.12. The second kappa shape index (κ2) is 9.36. The van der Waals surface area contributed by atoms with Crippen LogP contribution in [0.2, 0.25) is 0 Å². The summed E-state index contributed by atoms with van der Waals surface area (Å²) in [5.74, 6) is 0.532. The van der Waals surface area contributed by atoms with Crippen LogP contribution in [0, 0.1) is 0 Å². The van der Waals surface area contributed by atoms with Crippen LogP contribution in [0.15, 0.2) is 24.3 Å². The van der Waals surface area contributed by atoms with E-state index >= 15 is 0 Å². The van der Waals surface area contributed by atoms with E-state index in [1.54, 1.807) is 59.1 Å². The van der Waals surface area contributed by atoms with Crippen LogP contribution in [0.1, 0.15) is 58.4 Å². The van der Waals surface area contributed by atoms with Crippen molar-refractivity contribution >= 4 is 23.9 Å². The molecule has 1 aromatic carbocycles. The topological polar surface area (TPSA) is 112 Å². The molecule has 2 amide bonds. The standard InChI is InChI=1S/C24H32N4O6/c1-8-33-22(31)28-20(25-18(29)13-15-9-11-16(32-7)12-10-15)17-14-27(21(30)34-23(2,3)4)24(5,6)19(17)26-28/h9-12H,8,13-14H2,1-7H3,(H,25,29). The van der Waals surface area contributed by atoms with Crippen molar-refractivity contribution in [2.24, 2.45) is 0 Å². The summed E-state index contributed by atoms with van der Waals surface area (Å²) in [7, 11) is 1.57. The molecular formula is C24H32N4O6. The van der Waals surface area contributed by atoms with Gasteiger partial charge >= 0.3 is 12.2 Å². The van der Waals surface area contributed by atoms with E-state index in [2.05, 4.69) is 10.4 Å². The number of nitrogens with one attached hydrogen (secondary N) is 1. The molecule has 0 unspecified atom stereocenters. The minimum atomic E-state index is -0.870. The van der Waals surface area contributed by atoms with Crippen LogP contribution in [0.5, 0.6) is 5.75 Å². The van der Waals surface area contributed by atoms with Crippen molar-refractivity contribution in [3.05, 3.63) is 41.1 Å². The van der Waals surface area contributed by atoms with Gasteiger partial charge in [0, 0.05) is 5.56 Å². The summed E-state index contributed by atoms with van der Waals surface area (Å²) in [4.78, 5) is 39.9. The molecule has 10 heteroatoms. The van der Waals surface area contributed by atoms with Gasteiger partial charge in [-0.2, -0.15) is 5.10 Å². The number of rotatable bonds is 5. The normalized spacial score (nSPS) is 14.4. The minimum Gasteiger partial charge on any atom is -0.497 e. The Kier molecular flexibility index (Phi) is 6.90. The fraction of sp³-hybridized carbons (Fsp3) is 0.500. The molecule has 0 radical (unpaired) electrons. The molecule has 0 bridgehead atoms. The number of ether oxygens (including phenoxy) is 3. The lowest BCUT2D eigenvalue weighted by Crippen LogP contribution is -2.44. The van der Waals surface area contributed by atoms with Crippen LogP contribution in [0.4, 0.5) is 15.4 Å². The van der Waals surface area contributed by atoms with E-state index in [0.29, 0.717) is 17.0 Å². The van der Waals surface area contributed by atoms with Gasteiger partial charge in [0.25, 0.3) is 0 Å². The van der Waals surface area contributed by atoms with Crippen LogP contribution >= 0.6 is 0 Å². The summed E-state index contributed by atoms with van der Waals surface area (Å²) < 4.78 is 16.9. The van der Waals surface area contributed by atoms with E-state index in [4.69, 9.17) is 14.2 Å². The fourth-order valence-electron chi connectivity index (χ4n) is 3.74. The van der Waals surface area contributed by atoms with Crippen molar-refractivity contribution in [3.8, 4) is 5.75 Å². The predicted molar refractivity (Wildman–Crippen MR) is 125 cm³/mol. The SMILES string of the molecule is CCOC(=O)n1nc2c(c1NC(=O)Cc1ccc(OC)cc1)CN(C(=O)OC(C)(C)C)C2(C)C. The first-order valence-electron chi connectivity index (χ1n) is 11.1. The van der Waals surface area contributed by atoms with E-state index < -0.39 is 23.3 Å². The van der Waals surface area contributed by atoms with Crippen LogP contribution in [-0.4, -0.2) is 52.1 Å². The van der Waals surface area contributed by atoms with E-state index in [0.717, 1.165) is 10.2 Å². The molecular weight excluding hydrogens is 440 g/mol. The molecule has 0 spiro atoms. The van der Waals surface area contributed by atoms with E-state index in [1.807, 2.05) is 13.8 Å². The molecule has 0 fully saturated rings. The van der Waals surface area contributed by atoms with Gasteiger partial charge in [-0.1, -0.05) is 12.1 Å². The summed E-state index contributed by atoms with van der Waals surface area (Å²) in [6.45, 7) is 11.0. The van der Waals surface area contributed by atoms with Gasteiger partial charge in [-0.25, -0.2) is 9.59 Å². The number of aromatic nitrogens is 2. The zero-order valence-electron chi connectivity index (χ0n) is 20.7. The molecule has 0 atom stereocenters. The maximum atomic E-state index is 12.9. The highest BCUT2D eigenvalue weighted by Crippen LogP contribution is 2.42. The highest BCUT2D eigenvalue weighted by molar-refractivity contribution is 5.94. The fourth-order valence-corrected chi connectivity index (χ4v) is 3.74.